The molecular weight excluding hydrogens is 228 g/mol. The van der Waals surface area contributed by atoms with Crippen LogP contribution in [0.3, 0.4) is 0 Å². The minimum absolute atomic E-state index is 0.00632. The molecule has 1 N–H and O–H groups in total. The second kappa shape index (κ2) is 5.36. The third kappa shape index (κ3) is 2.51. The zero-order valence-electron chi connectivity index (χ0n) is 10.1. The van der Waals surface area contributed by atoms with E-state index in [2.05, 4.69) is 0 Å². The molecule has 0 aliphatic carbocycles. The smallest absolute Gasteiger partial charge is 0.307 e. The minimum Gasteiger partial charge on any atom is -0.496 e. The van der Waals surface area contributed by atoms with Crippen molar-refractivity contribution in [3.63, 3.8) is 0 Å². The molecule has 3 nitrogen and oxygen atoms in total. The summed E-state index contributed by atoms with van der Waals surface area (Å²) in [7, 11) is 1.61. The van der Waals surface area contributed by atoms with Gasteiger partial charge in [0.05, 0.1) is 13.5 Å². The summed E-state index contributed by atoms with van der Waals surface area (Å²) in [5.41, 5.74) is 0.914. The number of carboxylic acids is 1. The lowest BCUT2D eigenvalue weighted by molar-refractivity contribution is -0.135. The van der Waals surface area contributed by atoms with E-state index >= 15 is 0 Å². The molecular formula is C15H14O3. The van der Waals surface area contributed by atoms with Crippen LogP contribution in [-0.2, 0) is 4.79 Å². The van der Waals surface area contributed by atoms with Crippen LogP contribution in [0.5, 0.6) is 5.75 Å². The van der Waals surface area contributed by atoms with Crippen LogP contribution in [0.15, 0.2) is 42.5 Å². The fraction of sp³-hybridized carbons (Fsp3) is 0.133. The largest absolute Gasteiger partial charge is 0.496 e. The predicted octanol–water partition coefficient (Wildman–Crippen LogP) is 3.34. The minimum atomic E-state index is -0.842. The Bertz CT molecular complexity index is 600. The van der Waals surface area contributed by atoms with Crippen LogP contribution in [0, 0.1) is 0 Å². The number of hydrogen-bond donors (Lipinski definition) is 1. The van der Waals surface area contributed by atoms with Crippen LogP contribution >= 0.6 is 0 Å². The van der Waals surface area contributed by atoms with Gasteiger partial charge in [-0.15, -0.1) is 0 Å². The molecule has 0 aromatic heterocycles. The topological polar surface area (TPSA) is 46.5 Å². The van der Waals surface area contributed by atoms with Gasteiger partial charge in [-0.25, -0.2) is 0 Å². The van der Waals surface area contributed by atoms with Gasteiger partial charge in [-0.05, 0) is 16.8 Å². The Balaban J connectivity index is 2.51. The SMILES string of the molecule is COc1ccc2ccccc2c1C=CCC(=O)O. The Morgan fingerprint density at radius 3 is 2.78 bits per heavy atom. The van der Waals surface area contributed by atoms with Gasteiger partial charge in [0.1, 0.15) is 5.75 Å². The average molecular weight is 242 g/mol. The summed E-state index contributed by atoms with van der Waals surface area (Å²) < 4.78 is 5.31. The molecule has 3 heteroatoms. The Morgan fingerprint density at radius 2 is 2.06 bits per heavy atom. The maximum Gasteiger partial charge on any atom is 0.307 e. The van der Waals surface area contributed by atoms with Crippen molar-refractivity contribution in [3.05, 3.63) is 48.0 Å². The van der Waals surface area contributed by atoms with Gasteiger partial charge in [-0.1, -0.05) is 42.5 Å². The van der Waals surface area contributed by atoms with Crippen molar-refractivity contribution in [1.82, 2.24) is 0 Å². The predicted molar refractivity (Wildman–Crippen MR) is 71.8 cm³/mol. The van der Waals surface area contributed by atoms with E-state index in [4.69, 9.17) is 9.84 Å². The number of fused-ring (bicyclic) bond motifs is 1. The Kier molecular flexibility index (Phi) is 3.63. The number of ether oxygens (including phenoxy) is 1. The zero-order valence-corrected chi connectivity index (χ0v) is 10.1. The molecule has 2 aromatic rings. The molecule has 2 rings (SSSR count). The highest BCUT2D eigenvalue weighted by atomic mass is 16.5. The first-order valence-electron chi connectivity index (χ1n) is 5.66. The molecule has 0 aliphatic heterocycles. The molecule has 0 fully saturated rings. The average Bonchev–Trinajstić information content (AvgIpc) is 2.38. The van der Waals surface area contributed by atoms with Gasteiger partial charge in [-0.2, -0.15) is 0 Å². The maximum absolute atomic E-state index is 10.5. The highest BCUT2D eigenvalue weighted by Gasteiger charge is 2.04. The normalized spacial score (nSPS) is 10.9. The summed E-state index contributed by atoms with van der Waals surface area (Å²) in [5.74, 6) is -0.0965. The molecule has 18 heavy (non-hydrogen) atoms. The highest BCUT2D eigenvalue weighted by molar-refractivity contribution is 5.93. The van der Waals surface area contributed by atoms with Crippen LogP contribution in [0.2, 0.25) is 0 Å². The van der Waals surface area contributed by atoms with Gasteiger partial charge >= 0.3 is 5.97 Å². The third-order valence-corrected chi connectivity index (χ3v) is 2.73. The van der Waals surface area contributed by atoms with E-state index in [1.165, 1.54) is 0 Å². The monoisotopic (exact) mass is 242 g/mol. The van der Waals surface area contributed by atoms with Gasteiger partial charge in [0.25, 0.3) is 0 Å². The van der Waals surface area contributed by atoms with Crippen molar-refractivity contribution in [3.8, 4) is 5.75 Å². The quantitative estimate of drug-likeness (QED) is 0.894. The number of aliphatic carboxylic acids is 1. The lowest BCUT2D eigenvalue weighted by Gasteiger charge is -2.08. The van der Waals surface area contributed by atoms with Crippen molar-refractivity contribution in [2.24, 2.45) is 0 Å². The Morgan fingerprint density at radius 1 is 1.28 bits per heavy atom. The molecule has 0 aliphatic rings. The molecule has 0 radical (unpaired) electrons. The first-order chi connectivity index (χ1) is 8.72. The van der Waals surface area contributed by atoms with Crippen LogP contribution in [-0.4, -0.2) is 18.2 Å². The van der Waals surface area contributed by atoms with E-state index in [1.54, 1.807) is 19.3 Å². The number of carbonyl (C=O) groups is 1. The molecule has 0 saturated carbocycles. The van der Waals surface area contributed by atoms with Gasteiger partial charge in [-0.3, -0.25) is 4.79 Å². The van der Waals surface area contributed by atoms with Gasteiger partial charge in [0, 0.05) is 5.56 Å². The first kappa shape index (κ1) is 12.2. The standard InChI is InChI=1S/C15H14O3/c1-18-14-10-9-11-5-2-3-6-12(11)13(14)7-4-8-15(16)17/h2-7,9-10H,8H2,1H3,(H,16,17). The van der Waals surface area contributed by atoms with E-state index in [1.807, 2.05) is 36.4 Å². The molecule has 0 atom stereocenters. The molecule has 0 bridgehead atoms. The fourth-order valence-electron chi connectivity index (χ4n) is 1.90. The van der Waals surface area contributed by atoms with Crippen molar-refractivity contribution in [2.75, 3.05) is 7.11 Å². The second-order valence-corrected chi connectivity index (χ2v) is 3.90. The van der Waals surface area contributed by atoms with Crippen LogP contribution in [0.1, 0.15) is 12.0 Å². The fourth-order valence-corrected chi connectivity index (χ4v) is 1.90. The summed E-state index contributed by atoms with van der Waals surface area (Å²) >= 11 is 0. The van der Waals surface area contributed by atoms with Crippen LogP contribution < -0.4 is 4.74 Å². The van der Waals surface area contributed by atoms with E-state index < -0.39 is 5.97 Å². The molecule has 92 valence electrons. The first-order valence-corrected chi connectivity index (χ1v) is 5.66. The molecule has 0 amide bonds. The van der Waals surface area contributed by atoms with Crippen molar-refractivity contribution < 1.29 is 14.6 Å². The summed E-state index contributed by atoms with van der Waals surface area (Å²) in [6.45, 7) is 0. The maximum atomic E-state index is 10.5. The Hall–Kier alpha value is -2.29. The summed E-state index contributed by atoms with van der Waals surface area (Å²) in [6, 6.07) is 11.8. The molecule has 0 saturated heterocycles. The zero-order chi connectivity index (χ0) is 13.0. The highest BCUT2D eigenvalue weighted by Crippen LogP contribution is 2.29. The third-order valence-electron chi connectivity index (χ3n) is 2.73. The summed E-state index contributed by atoms with van der Waals surface area (Å²) in [5, 5.41) is 10.8. The number of hydrogen-bond acceptors (Lipinski definition) is 2. The van der Waals surface area contributed by atoms with Crippen LogP contribution in [0.4, 0.5) is 0 Å². The number of rotatable bonds is 4. The number of carboxylic acid groups (broad SMARTS) is 1. The van der Waals surface area contributed by atoms with E-state index in [-0.39, 0.29) is 6.42 Å². The summed E-state index contributed by atoms with van der Waals surface area (Å²) in [4.78, 5) is 10.5. The molecule has 2 aromatic carbocycles. The van der Waals surface area contributed by atoms with E-state index in [9.17, 15) is 4.79 Å². The summed E-state index contributed by atoms with van der Waals surface area (Å²) in [6.07, 6.45) is 3.44. The van der Waals surface area contributed by atoms with Gasteiger partial charge in [0.2, 0.25) is 0 Å². The molecule has 0 unspecified atom stereocenters. The second-order valence-electron chi connectivity index (χ2n) is 3.90. The number of benzene rings is 2. The van der Waals surface area contributed by atoms with E-state index in [0.29, 0.717) is 0 Å². The van der Waals surface area contributed by atoms with Crippen molar-refractivity contribution in [2.45, 2.75) is 6.42 Å². The van der Waals surface area contributed by atoms with Gasteiger partial charge in [0.15, 0.2) is 0 Å². The molecule has 0 spiro atoms. The number of methoxy groups -OCH3 is 1. The van der Waals surface area contributed by atoms with Gasteiger partial charge < -0.3 is 9.84 Å². The van der Waals surface area contributed by atoms with Crippen LogP contribution in [0.25, 0.3) is 16.8 Å². The molecule has 0 heterocycles. The van der Waals surface area contributed by atoms with Crippen molar-refractivity contribution in [1.29, 1.82) is 0 Å². The lowest BCUT2D eigenvalue weighted by Crippen LogP contribution is -1.91. The lowest BCUT2D eigenvalue weighted by atomic mass is 10.0. The Labute approximate surface area is 105 Å². The van der Waals surface area contributed by atoms with Crippen molar-refractivity contribution >= 4 is 22.8 Å². The van der Waals surface area contributed by atoms with E-state index in [0.717, 1.165) is 22.1 Å².